The molecule has 2 aliphatic heterocycles. The summed E-state index contributed by atoms with van der Waals surface area (Å²) in [5.74, 6) is -3.36. The number of alkyl halides is 3. The van der Waals surface area contributed by atoms with Gasteiger partial charge in [-0.1, -0.05) is 6.07 Å². The summed E-state index contributed by atoms with van der Waals surface area (Å²) in [5, 5.41) is 6.08. The molecule has 0 saturated carbocycles. The van der Waals surface area contributed by atoms with Crippen LogP contribution in [0.5, 0.6) is 23.3 Å². The van der Waals surface area contributed by atoms with E-state index in [1.165, 1.54) is 38.6 Å². The number of carbonyl (C=O) groups is 4. The number of ether oxygens (including phenoxy) is 6. The van der Waals surface area contributed by atoms with E-state index in [4.69, 9.17) is 28.4 Å². The molecule has 23 heteroatoms. The maximum atomic E-state index is 14.0. The molecule has 56 heavy (non-hydrogen) atoms. The van der Waals surface area contributed by atoms with Crippen LogP contribution >= 0.6 is 0 Å². The summed E-state index contributed by atoms with van der Waals surface area (Å²) < 4.78 is 104. The second-order valence-corrected chi connectivity index (χ2v) is 13.4. The monoisotopic (exact) mass is 807 g/mol. The molecule has 0 radical (unpaired) electrons. The van der Waals surface area contributed by atoms with E-state index in [0.717, 1.165) is 21.5 Å². The van der Waals surface area contributed by atoms with E-state index in [1.807, 2.05) is 4.72 Å². The second kappa shape index (κ2) is 16.3. The Labute approximate surface area is 315 Å². The van der Waals surface area contributed by atoms with Gasteiger partial charge < -0.3 is 28.4 Å². The normalized spacial score (nSPS) is 15.9. The minimum absolute atomic E-state index is 0.000730. The average molecular weight is 808 g/mol. The van der Waals surface area contributed by atoms with Crippen LogP contribution in [0.4, 0.5) is 19.1 Å². The van der Waals surface area contributed by atoms with E-state index in [9.17, 15) is 40.8 Å². The number of hydrogen-bond acceptors (Lipinski definition) is 15. The number of amides is 4. The number of halogens is 3. The smallest absolute Gasteiger partial charge is 0.417 e. The Morgan fingerprint density at radius 2 is 1.59 bits per heavy atom. The highest BCUT2D eigenvalue weighted by Crippen LogP contribution is 2.39. The van der Waals surface area contributed by atoms with Crippen molar-refractivity contribution >= 4 is 45.2 Å². The standard InChI is InChI=1S/C33H32F3N7O12S/c1-50-24-17-37-32(51-2)43-27(24)39-31(40-43)41-56(48,49)26-21(33(34,35)36)4-3-5-23(26)55-15-13-53-11-10-52-12-14-54-18-6-7-19-20(16-18)30(47)42(29(19)46)22-8-9-25(44)38-28(22)45/h3-7,16-17,22H,8-15H2,1-2H3,(H,40,41)(H,38,44,45). The Kier molecular flexibility index (Phi) is 11.6. The highest BCUT2D eigenvalue weighted by molar-refractivity contribution is 7.92. The van der Waals surface area contributed by atoms with Gasteiger partial charge in [-0.25, -0.2) is 13.1 Å². The molecule has 0 bridgehead atoms. The van der Waals surface area contributed by atoms with Crippen molar-refractivity contribution in [1.82, 2.24) is 29.8 Å². The van der Waals surface area contributed by atoms with Crippen LogP contribution in [0.2, 0.25) is 0 Å². The number of piperidine rings is 1. The van der Waals surface area contributed by atoms with Gasteiger partial charge in [0.15, 0.2) is 5.75 Å². The predicted octanol–water partition coefficient (Wildman–Crippen LogP) is 1.85. The van der Waals surface area contributed by atoms with Crippen molar-refractivity contribution in [3.8, 4) is 23.3 Å². The number of methoxy groups -OCH3 is 2. The van der Waals surface area contributed by atoms with Gasteiger partial charge in [0, 0.05) is 6.42 Å². The van der Waals surface area contributed by atoms with E-state index in [-0.39, 0.29) is 86.8 Å². The predicted molar refractivity (Wildman–Crippen MR) is 182 cm³/mol. The zero-order valence-corrected chi connectivity index (χ0v) is 30.3. The molecule has 4 amide bonds. The van der Waals surface area contributed by atoms with Crippen LogP contribution in [0.15, 0.2) is 47.5 Å². The molecule has 0 spiro atoms. The highest BCUT2D eigenvalue weighted by Gasteiger charge is 2.45. The molecule has 4 aromatic rings. The Balaban J connectivity index is 0.972. The quantitative estimate of drug-likeness (QED) is 0.115. The molecule has 2 aromatic carbocycles. The van der Waals surface area contributed by atoms with Crippen LogP contribution in [0, 0.1) is 0 Å². The number of nitrogens with one attached hydrogen (secondary N) is 2. The van der Waals surface area contributed by atoms with Crippen molar-refractivity contribution in [2.75, 3.05) is 58.6 Å². The number of fused-ring (bicyclic) bond motifs is 2. The molecular formula is C33H32F3N7O12S. The van der Waals surface area contributed by atoms with Gasteiger partial charge in [-0.3, -0.25) is 29.4 Å². The van der Waals surface area contributed by atoms with Crippen LogP contribution in [-0.4, -0.2) is 116 Å². The summed E-state index contributed by atoms with van der Waals surface area (Å²) in [6.07, 6.45) is -3.81. The molecule has 19 nitrogen and oxygen atoms in total. The molecule has 298 valence electrons. The third-order valence-corrected chi connectivity index (χ3v) is 9.66. The zero-order valence-electron chi connectivity index (χ0n) is 29.5. The van der Waals surface area contributed by atoms with Crippen molar-refractivity contribution < 1.29 is 69.2 Å². The Bertz CT molecular complexity index is 2250. The molecule has 6 rings (SSSR count). The molecule has 0 aliphatic carbocycles. The summed E-state index contributed by atoms with van der Waals surface area (Å²) in [7, 11) is -2.44. The van der Waals surface area contributed by atoms with Crippen molar-refractivity contribution in [1.29, 1.82) is 0 Å². The van der Waals surface area contributed by atoms with Crippen molar-refractivity contribution in [3.05, 3.63) is 59.3 Å². The summed E-state index contributed by atoms with van der Waals surface area (Å²) >= 11 is 0. The molecule has 2 N–H and O–H groups in total. The summed E-state index contributed by atoms with van der Waals surface area (Å²) in [5.41, 5.74) is -1.35. The SMILES string of the molecule is COc1cnc(OC)n2nc(NS(=O)(=O)c3c(OCCOCCOCCOc4ccc5c(c4)C(=O)N(C4CCC(=O)NC4=O)C5=O)cccc3C(F)(F)F)nc12. The van der Waals surface area contributed by atoms with Crippen LogP contribution in [0.1, 0.15) is 39.1 Å². The molecule has 4 heterocycles. The Morgan fingerprint density at radius 1 is 0.893 bits per heavy atom. The minimum Gasteiger partial charge on any atom is -0.491 e. The number of rotatable bonds is 17. The largest absolute Gasteiger partial charge is 0.491 e. The maximum absolute atomic E-state index is 14.0. The van der Waals surface area contributed by atoms with E-state index in [1.54, 1.807) is 0 Å². The van der Waals surface area contributed by atoms with Crippen molar-refractivity contribution in [3.63, 3.8) is 0 Å². The summed E-state index contributed by atoms with van der Waals surface area (Å²) in [6, 6.07) is 5.73. The molecule has 1 unspecified atom stereocenters. The van der Waals surface area contributed by atoms with Gasteiger partial charge in [-0.2, -0.15) is 27.7 Å². The third kappa shape index (κ3) is 8.28. The van der Waals surface area contributed by atoms with Crippen LogP contribution in [0.25, 0.3) is 5.65 Å². The average Bonchev–Trinajstić information content (AvgIpc) is 3.68. The van der Waals surface area contributed by atoms with Crippen LogP contribution < -0.4 is 29.0 Å². The van der Waals surface area contributed by atoms with Crippen molar-refractivity contribution in [2.45, 2.75) is 30.0 Å². The number of aromatic nitrogens is 4. The molecule has 1 saturated heterocycles. The fourth-order valence-electron chi connectivity index (χ4n) is 5.75. The number of anilines is 1. The van der Waals surface area contributed by atoms with Crippen LogP contribution in [0.3, 0.4) is 0 Å². The number of nitrogens with zero attached hydrogens (tertiary/aromatic N) is 5. The highest BCUT2D eigenvalue weighted by atomic mass is 32.2. The number of imide groups is 2. The van der Waals surface area contributed by atoms with Gasteiger partial charge in [0.05, 0.1) is 63.5 Å². The van der Waals surface area contributed by atoms with Gasteiger partial charge in [-0.05, 0) is 36.8 Å². The molecule has 1 fully saturated rings. The molecule has 2 aliphatic rings. The van der Waals surface area contributed by atoms with Crippen LogP contribution in [-0.2, 0) is 35.3 Å². The van der Waals surface area contributed by atoms with Gasteiger partial charge in [0.25, 0.3) is 27.8 Å². The number of sulfonamides is 1. The molecular weight excluding hydrogens is 775 g/mol. The first-order chi connectivity index (χ1) is 26.7. The van der Waals surface area contributed by atoms with Gasteiger partial charge in [0.1, 0.15) is 35.7 Å². The lowest BCUT2D eigenvalue weighted by atomic mass is 10.0. The first kappa shape index (κ1) is 39.6. The van der Waals surface area contributed by atoms with Gasteiger partial charge >= 0.3 is 12.2 Å². The lowest BCUT2D eigenvalue weighted by molar-refractivity contribution is -0.140. The minimum atomic E-state index is -5.08. The second-order valence-electron chi connectivity index (χ2n) is 11.8. The lowest BCUT2D eigenvalue weighted by Crippen LogP contribution is -2.54. The fourth-order valence-corrected chi connectivity index (χ4v) is 7.04. The Morgan fingerprint density at radius 3 is 2.27 bits per heavy atom. The first-order valence-electron chi connectivity index (χ1n) is 16.6. The first-order valence-corrected chi connectivity index (χ1v) is 18.0. The maximum Gasteiger partial charge on any atom is 0.417 e. The van der Waals surface area contributed by atoms with Crippen molar-refractivity contribution in [2.24, 2.45) is 0 Å². The molecule has 1 atom stereocenters. The number of benzene rings is 2. The summed E-state index contributed by atoms with van der Waals surface area (Å²) in [6.45, 7) is -0.245. The summed E-state index contributed by atoms with van der Waals surface area (Å²) in [4.78, 5) is 57.2. The fraction of sp³-hybridized carbons (Fsp3) is 0.364. The topological polar surface area (TPSA) is 228 Å². The van der Waals surface area contributed by atoms with E-state index >= 15 is 0 Å². The lowest BCUT2D eigenvalue weighted by Gasteiger charge is -2.27. The third-order valence-electron chi connectivity index (χ3n) is 8.25. The number of hydrogen-bond donors (Lipinski definition) is 2. The number of carbonyl (C=O) groups excluding carboxylic acids is 4. The van der Waals surface area contributed by atoms with E-state index in [0.29, 0.717) is 6.07 Å². The van der Waals surface area contributed by atoms with Gasteiger partial charge in [-0.15, -0.1) is 5.10 Å². The Hall–Kier alpha value is -6.07. The van der Waals surface area contributed by atoms with E-state index in [2.05, 4.69) is 20.4 Å². The zero-order chi connectivity index (χ0) is 40.2. The van der Waals surface area contributed by atoms with Gasteiger partial charge in [0.2, 0.25) is 17.5 Å². The molecule has 2 aromatic heterocycles. The van der Waals surface area contributed by atoms with E-state index < -0.39 is 68.0 Å².